The first-order valence-electron chi connectivity index (χ1n) is 14.0. The molecule has 0 spiro atoms. The summed E-state index contributed by atoms with van der Waals surface area (Å²) in [6.45, 7) is 7.47. The van der Waals surface area contributed by atoms with Crippen LogP contribution < -0.4 is 0 Å². The SMILES string of the molecule is CC#N.CC(=O)N1CCCC1.CC(=O)N1CCC[C@H]1c1ncc(-c2ccc(Br)cc2)[nH]1.O=C(CBr)c1ccc(Br)cc1.O=C=O. The van der Waals surface area contributed by atoms with Crippen molar-refractivity contribution in [3.8, 4) is 17.3 Å². The number of ketones is 1. The number of nitriles is 1. The van der Waals surface area contributed by atoms with Gasteiger partial charge in [0.25, 0.3) is 0 Å². The van der Waals surface area contributed by atoms with Crippen molar-refractivity contribution in [2.45, 2.75) is 52.5 Å². The number of aromatic amines is 1. The highest BCUT2D eigenvalue weighted by molar-refractivity contribution is 9.10. The Kier molecular flexibility index (Phi) is 19.5. The second kappa shape index (κ2) is 22.1. The summed E-state index contributed by atoms with van der Waals surface area (Å²) in [6, 6.07) is 17.3. The molecule has 45 heavy (non-hydrogen) atoms. The standard InChI is InChI=1S/C15H16BrN3O.C8H6Br2O.C6H11NO.C2H3N.CO2/c1-10(20)19-8-2-3-14(19)15-17-9-13(18-15)11-4-6-12(16)7-5-11;9-5-8(11)6-1-3-7(10)4-2-6;1-6(8)7-4-2-3-5-7;1-2-3;2-1-3/h4-7,9,14H,2-3,8H2,1H3,(H,17,18);1-4H,5H2;2-5H2,1H3;1H3;/t14-;;;;/m0..../s1. The van der Waals surface area contributed by atoms with E-state index in [9.17, 15) is 14.4 Å². The molecule has 1 N–H and O–H groups in total. The maximum atomic E-state index is 11.6. The minimum Gasteiger partial charge on any atom is -0.343 e. The molecule has 5 rings (SSSR count). The Morgan fingerprint density at radius 1 is 0.911 bits per heavy atom. The molecule has 0 aliphatic carbocycles. The summed E-state index contributed by atoms with van der Waals surface area (Å²) in [5, 5.41) is 7.70. The highest BCUT2D eigenvalue weighted by atomic mass is 79.9. The van der Waals surface area contributed by atoms with Crippen molar-refractivity contribution >= 4 is 71.5 Å². The van der Waals surface area contributed by atoms with E-state index < -0.39 is 0 Å². The van der Waals surface area contributed by atoms with Crippen molar-refractivity contribution in [3.05, 3.63) is 75.1 Å². The van der Waals surface area contributed by atoms with Gasteiger partial charge in [-0.05, 0) is 55.5 Å². The molecule has 240 valence electrons. The fourth-order valence-corrected chi connectivity index (χ4v) is 5.31. The largest absolute Gasteiger partial charge is 0.373 e. The molecular formula is C32H36Br3N5O5. The third-order valence-corrected chi connectivity index (χ3v) is 8.13. The fraction of sp³-hybridized carbons (Fsp3) is 0.375. The van der Waals surface area contributed by atoms with Crippen LogP contribution in [-0.4, -0.2) is 68.5 Å². The average molecular weight is 810 g/mol. The van der Waals surface area contributed by atoms with Gasteiger partial charge in [0.1, 0.15) is 5.82 Å². The number of benzene rings is 2. The summed E-state index contributed by atoms with van der Waals surface area (Å²) in [7, 11) is 0. The van der Waals surface area contributed by atoms with Crippen LogP contribution >= 0.6 is 47.8 Å². The van der Waals surface area contributed by atoms with Crippen molar-refractivity contribution in [1.29, 1.82) is 5.26 Å². The number of aromatic nitrogens is 2. The van der Waals surface area contributed by atoms with E-state index in [-0.39, 0.29) is 29.8 Å². The van der Waals surface area contributed by atoms with Crippen LogP contribution in [0.3, 0.4) is 0 Å². The zero-order valence-corrected chi connectivity index (χ0v) is 30.2. The monoisotopic (exact) mass is 807 g/mol. The van der Waals surface area contributed by atoms with Gasteiger partial charge >= 0.3 is 6.15 Å². The van der Waals surface area contributed by atoms with Gasteiger partial charge in [0.2, 0.25) is 11.8 Å². The topological polar surface area (TPSA) is 144 Å². The van der Waals surface area contributed by atoms with Gasteiger partial charge in [0, 0.05) is 54.9 Å². The first-order chi connectivity index (χ1) is 21.5. The molecule has 1 atom stereocenters. The molecule has 0 radical (unpaired) electrons. The van der Waals surface area contributed by atoms with Gasteiger partial charge in [-0.3, -0.25) is 14.4 Å². The van der Waals surface area contributed by atoms with E-state index in [0.717, 1.165) is 64.1 Å². The number of H-pyrrole nitrogens is 1. The van der Waals surface area contributed by atoms with Crippen LogP contribution in [-0.2, 0) is 19.2 Å². The number of hydrogen-bond acceptors (Lipinski definition) is 7. The van der Waals surface area contributed by atoms with E-state index >= 15 is 0 Å². The molecule has 0 unspecified atom stereocenters. The first-order valence-corrected chi connectivity index (χ1v) is 16.7. The smallest absolute Gasteiger partial charge is 0.343 e. The van der Waals surface area contributed by atoms with Crippen LogP contribution in [0.2, 0.25) is 0 Å². The number of nitrogens with one attached hydrogen (secondary N) is 1. The zero-order valence-electron chi connectivity index (χ0n) is 25.4. The Hall–Kier alpha value is -3.43. The van der Waals surface area contributed by atoms with Crippen molar-refractivity contribution in [3.63, 3.8) is 0 Å². The fourth-order valence-electron chi connectivity index (χ4n) is 4.45. The van der Waals surface area contributed by atoms with E-state index in [0.29, 0.717) is 5.33 Å². The number of likely N-dealkylation sites (tertiary alicyclic amines) is 2. The van der Waals surface area contributed by atoms with Crippen molar-refractivity contribution in [2.75, 3.05) is 25.0 Å². The van der Waals surface area contributed by atoms with Gasteiger partial charge in [0.15, 0.2) is 5.78 Å². The maximum Gasteiger partial charge on any atom is 0.373 e. The second-order valence-corrected chi connectivity index (χ2v) is 12.0. The summed E-state index contributed by atoms with van der Waals surface area (Å²) in [4.78, 5) is 61.1. The molecule has 2 aliphatic heterocycles. The van der Waals surface area contributed by atoms with Crippen LogP contribution in [0.5, 0.6) is 0 Å². The van der Waals surface area contributed by atoms with Crippen molar-refractivity contribution in [2.24, 2.45) is 0 Å². The number of carbonyl (C=O) groups is 3. The molecule has 2 aromatic carbocycles. The lowest BCUT2D eigenvalue weighted by Crippen LogP contribution is -2.28. The number of alkyl halides is 1. The van der Waals surface area contributed by atoms with Gasteiger partial charge in [-0.1, -0.05) is 72.1 Å². The van der Waals surface area contributed by atoms with E-state index in [1.807, 2.05) is 52.4 Å². The number of halogens is 3. The molecule has 10 nitrogen and oxygen atoms in total. The minimum absolute atomic E-state index is 0.0942. The number of hydrogen-bond donors (Lipinski definition) is 1. The predicted molar refractivity (Wildman–Crippen MR) is 181 cm³/mol. The molecule has 0 saturated carbocycles. The molecule has 13 heteroatoms. The van der Waals surface area contributed by atoms with Crippen LogP contribution in [0.25, 0.3) is 11.3 Å². The Morgan fingerprint density at radius 3 is 1.87 bits per heavy atom. The molecule has 3 heterocycles. The summed E-state index contributed by atoms with van der Waals surface area (Å²) in [6.07, 6.45) is 6.50. The Labute approximate surface area is 289 Å². The number of imidazole rings is 1. The predicted octanol–water partition coefficient (Wildman–Crippen LogP) is 7.12. The molecule has 2 fully saturated rings. The summed E-state index contributed by atoms with van der Waals surface area (Å²) < 4.78 is 2.04. The number of amides is 2. The van der Waals surface area contributed by atoms with Crippen LogP contribution in [0.4, 0.5) is 0 Å². The lowest BCUT2D eigenvalue weighted by atomic mass is 10.2. The number of nitrogens with zero attached hydrogens (tertiary/aromatic N) is 4. The molecule has 1 aromatic heterocycles. The third kappa shape index (κ3) is 14.5. The maximum absolute atomic E-state index is 11.6. The minimum atomic E-state index is 0.0942. The highest BCUT2D eigenvalue weighted by Crippen LogP contribution is 2.31. The van der Waals surface area contributed by atoms with Crippen LogP contribution in [0.15, 0.2) is 63.7 Å². The van der Waals surface area contributed by atoms with Gasteiger partial charge in [-0.15, -0.1) is 0 Å². The molecular weight excluding hydrogens is 774 g/mol. The summed E-state index contributed by atoms with van der Waals surface area (Å²) >= 11 is 9.83. The van der Waals surface area contributed by atoms with Crippen LogP contribution in [0.1, 0.15) is 68.7 Å². The molecule has 0 bridgehead atoms. The van der Waals surface area contributed by atoms with E-state index in [1.165, 1.54) is 19.8 Å². The Bertz CT molecular complexity index is 1430. The molecule has 2 amide bonds. The second-order valence-electron chi connectivity index (χ2n) is 9.64. The van der Waals surface area contributed by atoms with E-state index in [4.69, 9.17) is 14.9 Å². The zero-order chi connectivity index (χ0) is 33.8. The van der Waals surface area contributed by atoms with E-state index in [2.05, 4.69) is 57.8 Å². The van der Waals surface area contributed by atoms with E-state index in [1.54, 1.807) is 32.0 Å². The highest BCUT2D eigenvalue weighted by Gasteiger charge is 2.30. The molecule has 3 aromatic rings. The average Bonchev–Trinajstić information content (AvgIpc) is 3.81. The first kappa shape index (κ1) is 39.6. The van der Waals surface area contributed by atoms with Crippen molar-refractivity contribution < 1.29 is 24.0 Å². The number of rotatable bonds is 4. The molecule has 2 saturated heterocycles. The summed E-state index contributed by atoms with van der Waals surface area (Å²) in [5.41, 5.74) is 2.83. The Balaban J connectivity index is 0.000000341. The van der Waals surface area contributed by atoms with Crippen molar-refractivity contribution in [1.82, 2.24) is 19.8 Å². The normalized spacial score (nSPS) is 14.4. The summed E-state index contributed by atoms with van der Waals surface area (Å²) in [5.74, 6) is 1.34. The van der Waals surface area contributed by atoms with Gasteiger partial charge in [-0.2, -0.15) is 14.9 Å². The lowest BCUT2D eigenvalue weighted by molar-refractivity contribution is -0.191. The van der Waals surface area contributed by atoms with Gasteiger partial charge in [0.05, 0.1) is 29.3 Å². The Morgan fingerprint density at radius 2 is 1.42 bits per heavy atom. The molecule has 2 aliphatic rings. The quantitative estimate of drug-likeness (QED) is 0.218. The van der Waals surface area contributed by atoms with Gasteiger partial charge in [-0.25, -0.2) is 4.98 Å². The lowest BCUT2D eigenvalue weighted by Gasteiger charge is -2.21. The van der Waals surface area contributed by atoms with Gasteiger partial charge < -0.3 is 14.8 Å². The number of Topliss-reactive ketones (excluding diaryl/α,β-unsaturated/α-hetero) is 1. The van der Waals surface area contributed by atoms with Crippen LogP contribution in [0, 0.1) is 11.3 Å². The number of carbonyl (C=O) groups excluding carboxylic acids is 5. The third-order valence-electron chi connectivity index (χ3n) is 6.56.